The number of para-hydroxylation sites is 2. The Morgan fingerprint density at radius 1 is 0.868 bits per heavy atom. The number of hydrogen-bond acceptors (Lipinski definition) is 4. The number of ether oxygens (including phenoxy) is 1. The van der Waals surface area contributed by atoms with Crippen LogP contribution in [0, 0.1) is 0 Å². The van der Waals surface area contributed by atoms with Gasteiger partial charge in [0.2, 0.25) is 0 Å². The smallest absolute Gasteiger partial charge is 0.409 e. The summed E-state index contributed by atoms with van der Waals surface area (Å²) in [4.78, 5) is 32.4. The predicted molar refractivity (Wildman–Crippen MR) is 150 cm³/mol. The summed E-state index contributed by atoms with van der Waals surface area (Å²) >= 11 is 0. The third-order valence-corrected chi connectivity index (χ3v) is 7.38. The molecular weight excluding hydrogens is 476 g/mol. The highest BCUT2D eigenvalue weighted by atomic mass is 16.6. The summed E-state index contributed by atoms with van der Waals surface area (Å²) in [7, 11) is 0. The van der Waals surface area contributed by atoms with E-state index in [4.69, 9.17) is 4.74 Å². The first-order valence-corrected chi connectivity index (χ1v) is 13.6. The fourth-order valence-corrected chi connectivity index (χ4v) is 5.36. The van der Waals surface area contributed by atoms with Crippen molar-refractivity contribution in [1.29, 1.82) is 0 Å². The number of amides is 1. The molecule has 0 spiro atoms. The van der Waals surface area contributed by atoms with Gasteiger partial charge in [0.1, 0.15) is 6.61 Å². The third kappa shape index (κ3) is 6.53. The van der Waals surface area contributed by atoms with Crippen molar-refractivity contribution in [3.05, 3.63) is 107 Å². The molecule has 4 aromatic rings. The third-order valence-electron chi connectivity index (χ3n) is 7.38. The van der Waals surface area contributed by atoms with Crippen molar-refractivity contribution in [3.8, 4) is 0 Å². The Balaban J connectivity index is 1.10. The molecule has 1 aliphatic rings. The van der Waals surface area contributed by atoms with Gasteiger partial charge in [-0.1, -0.05) is 72.8 Å². The molecule has 2 heterocycles. The first-order valence-electron chi connectivity index (χ1n) is 13.6. The average molecular weight is 513 g/mol. The molecule has 1 fully saturated rings. The maximum absolute atomic E-state index is 12.8. The Labute approximate surface area is 223 Å². The molecule has 1 aromatic heterocycles. The van der Waals surface area contributed by atoms with Gasteiger partial charge in [-0.25, -0.2) is 9.59 Å². The lowest BCUT2D eigenvalue weighted by Crippen LogP contribution is -2.41. The fraction of sp³-hybridized carbons (Fsp3) is 0.355. The predicted octanol–water partition coefficient (Wildman–Crippen LogP) is 5.24. The highest BCUT2D eigenvalue weighted by molar-refractivity contribution is 5.75. The highest BCUT2D eigenvalue weighted by Gasteiger charge is 2.26. The van der Waals surface area contributed by atoms with Crippen LogP contribution in [0.3, 0.4) is 0 Å². The number of piperidine rings is 1. The molecule has 1 saturated heterocycles. The van der Waals surface area contributed by atoms with Gasteiger partial charge in [-0.3, -0.25) is 9.47 Å². The second kappa shape index (κ2) is 12.6. The van der Waals surface area contributed by atoms with Crippen LogP contribution in [0.5, 0.6) is 0 Å². The number of aromatic nitrogens is 2. The molecule has 5 rings (SSSR count). The molecular formula is C31H36N4O3. The maximum Gasteiger partial charge on any atom is 0.409 e. The highest BCUT2D eigenvalue weighted by Crippen LogP contribution is 2.25. The van der Waals surface area contributed by atoms with Crippen molar-refractivity contribution in [2.75, 3.05) is 32.8 Å². The summed E-state index contributed by atoms with van der Waals surface area (Å²) in [5.74, 6) is 0. The Kier molecular flexibility index (Phi) is 8.56. The van der Waals surface area contributed by atoms with Crippen molar-refractivity contribution < 1.29 is 9.53 Å². The molecule has 0 unspecified atom stereocenters. The van der Waals surface area contributed by atoms with E-state index in [1.165, 1.54) is 11.1 Å². The number of carbonyl (C=O) groups is 1. The van der Waals surface area contributed by atoms with Gasteiger partial charge in [0.05, 0.1) is 11.0 Å². The van der Waals surface area contributed by atoms with Crippen LogP contribution in [-0.4, -0.2) is 58.2 Å². The monoisotopic (exact) mass is 512 g/mol. The molecule has 7 nitrogen and oxygen atoms in total. The van der Waals surface area contributed by atoms with Gasteiger partial charge in [0, 0.05) is 32.2 Å². The van der Waals surface area contributed by atoms with E-state index in [0.717, 1.165) is 49.8 Å². The first-order chi connectivity index (χ1) is 18.7. The van der Waals surface area contributed by atoms with Crippen LogP contribution in [0.25, 0.3) is 11.0 Å². The summed E-state index contributed by atoms with van der Waals surface area (Å²) in [6, 6.07) is 28.8. The molecule has 0 aliphatic carbocycles. The zero-order chi connectivity index (χ0) is 26.2. The first kappa shape index (κ1) is 25.8. The average Bonchev–Trinajstić information content (AvgIpc) is 3.29. The van der Waals surface area contributed by atoms with E-state index in [-0.39, 0.29) is 17.8 Å². The lowest BCUT2D eigenvalue weighted by atomic mass is 10.0. The molecule has 7 heteroatoms. The van der Waals surface area contributed by atoms with E-state index < -0.39 is 0 Å². The number of hydrogen-bond donors (Lipinski definition) is 1. The van der Waals surface area contributed by atoms with Crippen LogP contribution in [0.4, 0.5) is 4.79 Å². The number of nitrogens with one attached hydrogen (secondary N) is 1. The molecule has 0 bridgehead atoms. The summed E-state index contributed by atoms with van der Waals surface area (Å²) < 4.78 is 7.55. The van der Waals surface area contributed by atoms with Crippen LogP contribution in [-0.2, 0) is 17.7 Å². The quantitative estimate of drug-likeness (QED) is 0.316. The van der Waals surface area contributed by atoms with Gasteiger partial charge in [-0.05, 0) is 55.5 Å². The molecule has 1 amide bonds. The topological polar surface area (TPSA) is 70.6 Å². The lowest BCUT2D eigenvalue weighted by Gasteiger charge is -2.32. The van der Waals surface area contributed by atoms with Crippen LogP contribution in [0.15, 0.2) is 89.7 Å². The number of aryl methyl sites for hydroxylation is 1. The number of nitrogens with zero attached hydrogens (tertiary/aromatic N) is 3. The molecule has 0 saturated carbocycles. The normalized spacial score (nSPS) is 14.3. The van der Waals surface area contributed by atoms with E-state index in [1.54, 1.807) is 4.90 Å². The van der Waals surface area contributed by atoms with E-state index in [1.807, 2.05) is 41.0 Å². The standard InChI is InChI=1S/C31H36N4O3/c36-30-32-28-15-7-8-16-29(28)35(30)27-17-20-34(21-18-27)31(37)38-23-22-33(24-26-12-5-2-6-13-26)19-9-14-25-10-3-1-4-11-25/h1-8,10-13,15-16,27H,9,14,17-24H2,(H,32,36). The van der Waals surface area contributed by atoms with Crippen LogP contribution in [0.1, 0.15) is 36.4 Å². The molecule has 38 heavy (non-hydrogen) atoms. The number of fused-ring (bicyclic) bond motifs is 1. The SMILES string of the molecule is O=C(OCCN(CCCc1ccccc1)Cc1ccccc1)N1CCC(n2c(=O)[nH]c3ccccc32)CC1. The summed E-state index contributed by atoms with van der Waals surface area (Å²) in [5, 5.41) is 0. The molecule has 1 aliphatic heterocycles. The van der Waals surface area contributed by atoms with Crippen molar-refractivity contribution >= 4 is 17.1 Å². The number of imidazole rings is 1. The van der Waals surface area contributed by atoms with Crippen LogP contribution >= 0.6 is 0 Å². The van der Waals surface area contributed by atoms with Gasteiger partial charge in [-0.15, -0.1) is 0 Å². The van der Waals surface area contributed by atoms with Gasteiger partial charge in [0.15, 0.2) is 0 Å². The molecule has 198 valence electrons. The van der Waals surface area contributed by atoms with Gasteiger partial charge in [-0.2, -0.15) is 0 Å². The van der Waals surface area contributed by atoms with Crippen LogP contribution in [0.2, 0.25) is 0 Å². The van der Waals surface area contributed by atoms with Gasteiger partial charge >= 0.3 is 11.8 Å². The Morgan fingerprint density at radius 2 is 1.53 bits per heavy atom. The minimum Gasteiger partial charge on any atom is -0.448 e. The molecule has 1 N–H and O–H groups in total. The van der Waals surface area contributed by atoms with E-state index in [0.29, 0.717) is 26.2 Å². The number of carbonyl (C=O) groups excluding carboxylic acids is 1. The number of likely N-dealkylation sites (tertiary alicyclic amines) is 1. The van der Waals surface area contributed by atoms with Crippen molar-refractivity contribution in [2.24, 2.45) is 0 Å². The van der Waals surface area contributed by atoms with Gasteiger partial charge < -0.3 is 14.6 Å². The number of aromatic amines is 1. The molecule has 0 radical (unpaired) electrons. The number of benzene rings is 3. The van der Waals surface area contributed by atoms with E-state index >= 15 is 0 Å². The fourth-order valence-electron chi connectivity index (χ4n) is 5.36. The zero-order valence-electron chi connectivity index (χ0n) is 21.8. The van der Waals surface area contributed by atoms with E-state index in [2.05, 4.69) is 58.4 Å². The zero-order valence-corrected chi connectivity index (χ0v) is 21.8. The second-order valence-electron chi connectivity index (χ2n) is 10.0. The van der Waals surface area contributed by atoms with Crippen molar-refractivity contribution in [2.45, 2.75) is 38.3 Å². The number of H-pyrrole nitrogens is 1. The Morgan fingerprint density at radius 3 is 2.26 bits per heavy atom. The van der Waals surface area contributed by atoms with Gasteiger partial charge in [0.25, 0.3) is 0 Å². The largest absolute Gasteiger partial charge is 0.448 e. The van der Waals surface area contributed by atoms with Crippen molar-refractivity contribution in [3.63, 3.8) is 0 Å². The Bertz CT molecular complexity index is 1360. The summed E-state index contributed by atoms with van der Waals surface area (Å²) in [5.41, 5.74) is 4.29. The Hall–Kier alpha value is -3.84. The molecule has 0 atom stereocenters. The summed E-state index contributed by atoms with van der Waals surface area (Å²) in [6.07, 6.45) is 3.28. The molecule has 3 aromatic carbocycles. The van der Waals surface area contributed by atoms with Crippen molar-refractivity contribution in [1.82, 2.24) is 19.4 Å². The number of rotatable bonds is 10. The minimum absolute atomic E-state index is 0.0775. The maximum atomic E-state index is 12.8. The summed E-state index contributed by atoms with van der Waals surface area (Å²) in [6.45, 7) is 3.99. The second-order valence-corrected chi connectivity index (χ2v) is 10.0. The van der Waals surface area contributed by atoms with Crippen LogP contribution < -0.4 is 5.69 Å². The minimum atomic E-state index is -0.265. The lowest BCUT2D eigenvalue weighted by molar-refractivity contribution is 0.0778. The van der Waals surface area contributed by atoms with E-state index in [9.17, 15) is 9.59 Å².